The number of nitrogens with zero attached hydrogens (tertiary/aromatic N) is 3. The maximum absolute atomic E-state index is 8.84. The van der Waals surface area contributed by atoms with E-state index in [2.05, 4.69) is 36.1 Å². The molecule has 0 amide bonds. The normalized spacial score (nSPS) is 15.2. The van der Waals surface area contributed by atoms with Crippen LogP contribution in [0.4, 0.5) is 0 Å². The van der Waals surface area contributed by atoms with E-state index in [0.717, 1.165) is 31.6 Å². The number of likely N-dealkylation sites (tertiary alicyclic amines) is 1. The minimum Gasteiger partial charge on any atom is -0.295 e. The summed E-state index contributed by atoms with van der Waals surface area (Å²) in [5.74, 6) is 0. The molecule has 1 saturated heterocycles. The van der Waals surface area contributed by atoms with Gasteiger partial charge in [0.15, 0.2) is 0 Å². The maximum atomic E-state index is 8.84. The Hall–Kier alpha value is -2.10. The van der Waals surface area contributed by atoms with Gasteiger partial charge in [-0.05, 0) is 24.5 Å². The van der Waals surface area contributed by atoms with Crippen LogP contribution in [0.2, 0.25) is 0 Å². The van der Waals surface area contributed by atoms with Crippen molar-refractivity contribution in [1.29, 1.82) is 10.5 Å². The van der Waals surface area contributed by atoms with Gasteiger partial charge in [0, 0.05) is 19.6 Å². The van der Waals surface area contributed by atoms with E-state index in [1.807, 2.05) is 12.1 Å². The molecular formula is C15H15N3. The third kappa shape index (κ3) is 2.77. The first-order valence-corrected chi connectivity index (χ1v) is 6.03. The molecule has 2 rings (SSSR count). The average molecular weight is 237 g/mol. The van der Waals surface area contributed by atoms with Gasteiger partial charge in [-0.3, -0.25) is 4.90 Å². The summed E-state index contributed by atoms with van der Waals surface area (Å²) >= 11 is 0. The molecule has 90 valence electrons. The summed E-state index contributed by atoms with van der Waals surface area (Å²) in [7, 11) is 0. The zero-order valence-electron chi connectivity index (χ0n) is 10.5. The van der Waals surface area contributed by atoms with Crippen molar-refractivity contribution in [3.05, 3.63) is 46.5 Å². The third-order valence-electron chi connectivity index (χ3n) is 3.25. The van der Waals surface area contributed by atoms with Crippen molar-refractivity contribution in [3.63, 3.8) is 0 Å². The minimum atomic E-state index is 0.293. The Morgan fingerprint density at radius 2 is 1.89 bits per heavy atom. The highest BCUT2D eigenvalue weighted by Gasteiger charge is 2.19. The van der Waals surface area contributed by atoms with Gasteiger partial charge in [0.05, 0.1) is 0 Å². The number of hydrogen-bond donors (Lipinski definition) is 0. The number of hydrogen-bond acceptors (Lipinski definition) is 3. The highest BCUT2D eigenvalue weighted by atomic mass is 15.1. The van der Waals surface area contributed by atoms with Crippen LogP contribution in [0.15, 0.2) is 35.4 Å². The Kier molecular flexibility index (Phi) is 3.77. The standard InChI is InChI=1S/C15H15N3/c1-12-2-4-13(5-3-12)10-18-7-6-14(11-18)15(8-16)9-17/h2-5H,6-7,10-11H2,1H3. The third-order valence-corrected chi connectivity index (χ3v) is 3.25. The lowest BCUT2D eigenvalue weighted by Gasteiger charge is -2.14. The molecule has 0 aromatic heterocycles. The van der Waals surface area contributed by atoms with Gasteiger partial charge in [-0.1, -0.05) is 29.8 Å². The number of rotatable bonds is 2. The SMILES string of the molecule is Cc1ccc(CN2CCC(=C(C#N)C#N)C2)cc1. The van der Waals surface area contributed by atoms with Crippen LogP contribution in [0.5, 0.6) is 0 Å². The van der Waals surface area contributed by atoms with E-state index in [0.29, 0.717) is 5.57 Å². The quantitative estimate of drug-likeness (QED) is 0.743. The van der Waals surface area contributed by atoms with Crippen molar-refractivity contribution >= 4 is 0 Å². The maximum Gasteiger partial charge on any atom is 0.130 e. The molecule has 0 saturated carbocycles. The van der Waals surface area contributed by atoms with Gasteiger partial charge in [0.25, 0.3) is 0 Å². The van der Waals surface area contributed by atoms with E-state index in [4.69, 9.17) is 10.5 Å². The molecule has 0 unspecified atom stereocenters. The van der Waals surface area contributed by atoms with E-state index in [1.54, 1.807) is 0 Å². The van der Waals surface area contributed by atoms with Crippen molar-refractivity contribution in [2.75, 3.05) is 13.1 Å². The fourth-order valence-electron chi connectivity index (χ4n) is 2.19. The zero-order valence-corrected chi connectivity index (χ0v) is 10.5. The molecule has 0 aliphatic carbocycles. The molecule has 0 spiro atoms. The van der Waals surface area contributed by atoms with Gasteiger partial charge in [-0.15, -0.1) is 0 Å². The smallest absolute Gasteiger partial charge is 0.130 e. The molecule has 1 aliphatic heterocycles. The number of aryl methyl sites for hydroxylation is 1. The van der Waals surface area contributed by atoms with Gasteiger partial charge in [-0.2, -0.15) is 10.5 Å². The summed E-state index contributed by atoms with van der Waals surface area (Å²) in [5.41, 5.74) is 3.81. The Morgan fingerprint density at radius 3 is 2.50 bits per heavy atom. The summed E-state index contributed by atoms with van der Waals surface area (Å²) in [4.78, 5) is 2.27. The zero-order chi connectivity index (χ0) is 13.0. The van der Waals surface area contributed by atoms with Crippen molar-refractivity contribution in [2.24, 2.45) is 0 Å². The molecule has 0 bridgehead atoms. The van der Waals surface area contributed by atoms with E-state index in [-0.39, 0.29) is 0 Å². The largest absolute Gasteiger partial charge is 0.295 e. The topological polar surface area (TPSA) is 50.8 Å². The molecule has 1 aromatic rings. The van der Waals surface area contributed by atoms with Crippen LogP contribution in [0.3, 0.4) is 0 Å². The van der Waals surface area contributed by atoms with E-state index >= 15 is 0 Å². The van der Waals surface area contributed by atoms with Crippen LogP contribution in [0.1, 0.15) is 17.5 Å². The monoisotopic (exact) mass is 237 g/mol. The molecular weight excluding hydrogens is 222 g/mol. The van der Waals surface area contributed by atoms with Crippen LogP contribution >= 0.6 is 0 Å². The van der Waals surface area contributed by atoms with Gasteiger partial charge >= 0.3 is 0 Å². The predicted octanol–water partition coefficient (Wildman–Crippen LogP) is 2.54. The minimum absolute atomic E-state index is 0.293. The first-order valence-electron chi connectivity index (χ1n) is 6.03. The van der Waals surface area contributed by atoms with Crippen molar-refractivity contribution in [2.45, 2.75) is 19.9 Å². The first-order chi connectivity index (χ1) is 8.72. The number of nitriles is 2. The Morgan fingerprint density at radius 1 is 1.22 bits per heavy atom. The molecule has 0 N–H and O–H groups in total. The van der Waals surface area contributed by atoms with Crippen molar-refractivity contribution < 1.29 is 0 Å². The molecule has 3 nitrogen and oxygen atoms in total. The van der Waals surface area contributed by atoms with E-state index in [1.165, 1.54) is 11.1 Å². The lowest BCUT2D eigenvalue weighted by atomic mass is 10.1. The summed E-state index contributed by atoms with van der Waals surface area (Å²) < 4.78 is 0. The highest BCUT2D eigenvalue weighted by Crippen LogP contribution is 2.20. The van der Waals surface area contributed by atoms with Gasteiger partial charge in [0.1, 0.15) is 17.7 Å². The van der Waals surface area contributed by atoms with Gasteiger partial charge < -0.3 is 0 Å². The molecule has 1 aromatic carbocycles. The molecule has 18 heavy (non-hydrogen) atoms. The van der Waals surface area contributed by atoms with E-state index in [9.17, 15) is 0 Å². The summed E-state index contributed by atoms with van der Waals surface area (Å²) in [5, 5.41) is 17.7. The molecule has 0 radical (unpaired) electrons. The van der Waals surface area contributed by atoms with Gasteiger partial charge in [0.2, 0.25) is 0 Å². The molecule has 1 fully saturated rings. The van der Waals surface area contributed by atoms with Crippen LogP contribution < -0.4 is 0 Å². The lowest BCUT2D eigenvalue weighted by Crippen LogP contribution is -2.18. The fraction of sp³-hybridized carbons (Fsp3) is 0.333. The van der Waals surface area contributed by atoms with E-state index < -0.39 is 0 Å². The van der Waals surface area contributed by atoms with Crippen molar-refractivity contribution in [3.8, 4) is 12.1 Å². The number of benzene rings is 1. The van der Waals surface area contributed by atoms with Crippen molar-refractivity contribution in [1.82, 2.24) is 4.90 Å². The Bertz CT molecular complexity index is 525. The highest BCUT2D eigenvalue weighted by molar-refractivity contribution is 5.41. The van der Waals surface area contributed by atoms with Gasteiger partial charge in [-0.25, -0.2) is 0 Å². The molecule has 1 heterocycles. The molecule has 3 heteroatoms. The second-order valence-corrected chi connectivity index (χ2v) is 4.65. The summed E-state index contributed by atoms with van der Waals surface area (Å²) in [6, 6.07) is 12.4. The summed E-state index contributed by atoms with van der Waals surface area (Å²) in [6.45, 7) is 4.63. The lowest BCUT2D eigenvalue weighted by molar-refractivity contribution is 0.337. The molecule has 1 aliphatic rings. The predicted molar refractivity (Wildman–Crippen MR) is 69.3 cm³/mol. The van der Waals surface area contributed by atoms with Crippen LogP contribution in [-0.4, -0.2) is 18.0 Å². The van der Waals surface area contributed by atoms with Crippen LogP contribution in [-0.2, 0) is 6.54 Å². The van der Waals surface area contributed by atoms with Crippen LogP contribution in [0, 0.1) is 29.6 Å². The first kappa shape index (κ1) is 12.4. The average Bonchev–Trinajstić information content (AvgIpc) is 2.82. The van der Waals surface area contributed by atoms with Crippen LogP contribution in [0.25, 0.3) is 0 Å². The second-order valence-electron chi connectivity index (χ2n) is 4.65. The number of allylic oxidation sites excluding steroid dienone is 1. The Labute approximate surface area is 108 Å². The second kappa shape index (κ2) is 5.49. The summed E-state index contributed by atoms with van der Waals surface area (Å²) in [6.07, 6.45) is 0.836. The Balaban J connectivity index is 2.03. The fourth-order valence-corrected chi connectivity index (χ4v) is 2.19. The molecule has 0 atom stereocenters.